The zero-order valence-corrected chi connectivity index (χ0v) is 58.3. The number of rotatable bonds is 29. The summed E-state index contributed by atoms with van der Waals surface area (Å²) in [6.45, 7) is 13.5. The van der Waals surface area contributed by atoms with Crippen LogP contribution in [0, 0.1) is 5.41 Å². The molecule has 16 heteroatoms. The van der Waals surface area contributed by atoms with Crippen LogP contribution in [0.2, 0.25) is 0 Å². The van der Waals surface area contributed by atoms with E-state index < -0.39 is 50.7 Å². The van der Waals surface area contributed by atoms with Crippen molar-refractivity contribution in [3.05, 3.63) is 44.5 Å². The number of hydrogen-bond acceptors (Lipinski definition) is 15. The lowest BCUT2D eigenvalue weighted by atomic mass is 9.50. The number of carbonyl (C=O) groups is 3. The summed E-state index contributed by atoms with van der Waals surface area (Å²) in [4.78, 5) is 51.0. The van der Waals surface area contributed by atoms with Crippen molar-refractivity contribution in [2.45, 2.75) is 48.0 Å². The molecule has 9 aliphatic carbocycles. The molecule has 1 heterocycles. The lowest BCUT2D eigenvalue weighted by molar-refractivity contribution is -0.168. The van der Waals surface area contributed by atoms with E-state index in [1.165, 1.54) is 270 Å². The zero-order valence-electron chi connectivity index (χ0n) is 58.3. The summed E-state index contributed by atoms with van der Waals surface area (Å²) in [6, 6.07) is 0. The highest BCUT2D eigenvalue weighted by Crippen LogP contribution is 2.97. The second kappa shape index (κ2) is 15.0. The Bertz CT molecular complexity index is 8300. The molecule has 24 aromatic rings. The van der Waals surface area contributed by atoms with Gasteiger partial charge in [-0.15, -0.1) is 0 Å². The highest BCUT2D eigenvalue weighted by atomic mass is 16.6. The average Bonchev–Trinajstić information content (AvgIpc) is 1.35. The number of amides is 1. The minimum absolute atomic E-state index is 0.0543. The summed E-state index contributed by atoms with van der Waals surface area (Å²) in [5.74, 6) is -1.05. The fourth-order valence-electron chi connectivity index (χ4n) is 30.4. The smallest absolute Gasteiger partial charge is 0.407 e. The van der Waals surface area contributed by atoms with Crippen molar-refractivity contribution >= 4 is 277 Å². The number of carbonyl (C=O) groups excluding carboxylic acids is 3. The largest absolute Gasteiger partial charge is 0.462 e. The van der Waals surface area contributed by atoms with Gasteiger partial charge in [-0.2, -0.15) is 0 Å². The van der Waals surface area contributed by atoms with E-state index in [2.05, 4.69) is 10.2 Å². The summed E-state index contributed by atoms with van der Waals surface area (Å²) in [7, 11) is 3.33. The Morgan fingerprint density at radius 2 is 0.528 bits per heavy atom. The first-order chi connectivity index (χ1) is 52.1. The molecule has 4 atom stereocenters. The number of nitrogens with one attached hydrogen (secondary N) is 1. The summed E-state index contributed by atoms with van der Waals surface area (Å²) in [5.41, 5.74) is 4.96. The molecule has 10 aliphatic rings. The maximum atomic E-state index is 17.8. The first kappa shape index (κ1) is 53.4. The number of nitrogens with zero attached hydrogens (tertiary/aromatic N) is 1. The lowest BCUT2D eigenvalue weighted by Crippen LogP contribution is -2.51. The second-order valence-electron chi connectivity index (χ2n) is 35.1. The Kier molecular flexibility index (Phi) is 7.56. The zero-order chi connectivity index (χ0) is 68.3. The Balaban J connectivity index is 0.714. The van der Waals surface area contributed by atoms with Crippen molar-refractivity contribution in [3.8, 4) is 0 Å². The van der Waals surface area contributed by atoms with E-state index in [0.717, 1.165) is 19.6 Å². The Labute approximate surface area is 594 Å². The van der Waals surface area contributed by atoms with Crippen LogP contribution in [-0.4, -0.2) is 175 Å². The third kappa shape index (κ3) is 4.02. The van der Waals surface area contributed by atoms with Crippen LogP contribution in [0.25, 0.3) is 259 Å². The Morgan fingerprint density at radius 3 is 0.821 bits per heavy atom. The average molecular weight is 1390 g/mol. The third-order valence-electron chi connectivity index (χ3n) is 31.5. The molecule has 16 nitrogen and oxygen atoms in total. The SMILES string of the molecule is COCCOCCOCCOC(=O)C1(C(=O)OCCOCCOCCOC)C23c4c5c6c7c8c4c4c2c2c9c%10c%11c%12c(c5c5c6c6c%13c%14c%15c%16c%17c(c8c8c4c4c2c2c9c9c%11c%11c%18c%12c5c%13c%18c5c%14c%12c%16c%13c%17c8c4c4c%13c8c%12c5c%11c9c8c24)C72CN(CCOCCOCCNC(=O)OC(C)(C)C)CC6%152)C%1013. The van der Waals surface area contributed by atoms with Gasteiger partial charge in [-0.05, 0) is 324 Å². The molecule has 4 unspecified atom stereocenters. The monoisotopic (exact) mass is 1390 g/mol. The van der Waals surface area contributed by atoms with Gasteiger partial charge < -0.3 is 57.4 Å². The second-order valence-corrected chi connectivity index (χ2v) is 35.1. The van der Waals surface area contributed by atoms with E-state index in [0.29, 0.717) is 85.8 Å². The van der Waals surface area contributed by atoms with Crippen LogP contribution in [0.4, 0.5) is 4.79 Å². The van der Waals surface area contributed by atoms with Gasteiger partial charge in [-0.25, -0.2) is 4.79 Å². The van der Waals surface area contributed by atoms with Gasteiger partial charge in [0.25, 0.3) is 0 Å². The van der Waals surface area contributed by atoms with Crippen molar-refractivity contribution in [2.24, 2.45) is 5.41 Å². The predicted octanol–water partition coefficient (Wildman–Crippen LogP) is 15.2. The normalized spacial score (nSPS) is 23.0. The van der Waals surface area contributed by atoms with Crippen LogP contribution < -0.4 is 5.32 Å². The number of esters is 2. The van der Waals surface area contributed by atoms with Crippen molar-refractivity contribution in [1.82, 2.24) is 10.2 Å². The minimum Gasteiger partial charge on any atom is -0.462 e. The van der Waals surface area contributed by atoms with Gasteiger partial charge in [0.05, 0.1) is 114 Å². The van der Waals surface area contributed by atoms with Crippen LogP contribution in [0.5, 0.6) is 0 Å². The van der Waals surface area contributed by atoms with Crippen LogP contribution in [0.3, 0.4) is 0 Å². The first-order valence-electron chi connectivity index (χ1n) is 38.6. The molecular formula is C90H56N2O14. The predicted molar refractivity (Wildman–Crippen MR) is 411 cm³/mol. The number of alkyl carbamates (subject to hydrolysis) is 1. The molecule has 106 heavy (non-hydrogen) atoms. The summed E-state index contributed by atoms with van der Waals surface area (Å²) >= 11 is 0. The number of ether oxygens (including phenoxy) is 11. The summed E-state index contributed by atoms with van der Waals surface area (Å²) in [5, 5.41) is 71.3. The van der Waals surface area contributed by atoms with Crippen LogP contribution >= 0.6 is 0 Å². The molecule has 4 spiro atoms. The van der Waals surface area contributed by atoms with E-state index in [9.17, 15) is 4.79 Å². The molecule has 0 bridgehead atoms. The molecule has 1 amide bonds. The maximum absolute atomic E-state index is 17.8. The van der Waals surface area contributed by atoms with Crippen molar-refractivity contribution < 1.29 is 66.5 Å². The molecule has 0 aromatic heterocycles. The van der Waals surface area contributed by atoms with E-state index in [4.69, 9.17) is 52.1 Å². The minimum atomic E-state index is -1.93. The van der Waals surface area contributed by atoms with Gasteiger partial charge in [0.2, 0.25) is 0 Å². The number of benzene rings is 16. The molecule has 1 N–H and O–H groups in total. The van der Waals surface area contributed by atoms with Crippen molar-refractivity contribution in [3.63, 3.8) is 0 Å². The van der Waals surface area contributed by atoms with E-state index in [1.54, 1.807) is 47.1 Å². The number of likely N-dealkylation sites (tertiary alicyclic amines) is 1. The molecule has 24 aromatic carbocycles. The Morgan fingerprint density at radius 1 is 0.302 bits per heavy atom. The van der Waals surface area contributed by atoms with Gasteiger partial charge in [0.1, 0.15) is 18.8 Å². The van der Waals surface area contributed by atoms with Crippen LogP contribution in [0.15, 0.2) is 0 Å². The molecule has 1 aliphatic heterocycles. The molecule has 2 fully saturated rings. The van der Waals surface area contributed by atoms with Gasteiger partial charge in [-0.3, -0.25) is 14.5 Å². The topological polar surface area (TPSA) is 168 Å². The number of hydrogen-bond donors (Lipinski definition) is 1. The van der Waals surface area contributed by atoms with Gasteiger partial charge in [0, 0.05) is 40.4 Å². The van der Waals surface area contributed by atoms with Crippen molar-refractivity contribution in [1.29, 1.82) is 0 Å². The summed E-state index contributed by atoms with van der Waals surface area (Å²) in [6.07, 6.45) is -0.448. The quantitative estimate of drug-likeness (QED) is 0.0154. The molecule has 510 valence electrons. The Hall–Kier alpha value is -9.43. The van der Waals surface area contributed by atoms with Gasteiger partial charge in [-0.1, -0.05) is 0 Å². The third-order valence-corrected chi connectivity index (χ3v) is 31.5. The highest BCUT2D eigenvalue weighted by Gasteiger charge is 3.02. The standard InChI is InChI=1S/C90H56N2O14/c1-85(2,3)106-84(95)91-6-8-98-14-15-99-9-7-92-24-86-74-58-47-36-29-30-34-27-26-31-28-32(27)44-53-43(34)51-37(30)39-38(36)48-46-52(39)65-64(51)78-66(53)67-54(44)45-35(28)42-50-41(31)49(40(47)33(26)29)60(74)61(50)75-62-55(42)56(45)68-72-70(62)77(87(75,86)25-92)71-63(76(86)59(48)58)57(46)69-73(71)81(72)89(79(67)68)88(78,80(65)69)90(89,82(93)104-22-20-102-18-16-100-12-10-96-4)83(94)105-23-21-103-19-17-101-13-11-97-5/h6-25H2,1-5H3,(H,91,95). The first-order valence-corrected chi connectivity index (χ1v) is 38.6. The molecule has 1 saturated heterocycles. The molecule has 34 rings (SSSR count). The van der Waals surface area contributed by atoms with Gasteiger partial charge >= 0.3 is 18.0 Å². The maximum Gasteiger partial charge on any atom is 0.407 e. The van der Waals surface area contributed by atoms with E-state index in [1.807, 2.05) is 20.8 Å². The van der Waals surface area contributed by atoms with E-state index >= 15 is 9.59 Å². The van der Waals surface area contributed by atoms with Gasteiger partial charge in [0.15, 0.2) is 5.41 Å². The summed E-state index contributed by atoms with van der Waals surface area (Å²) < 4.78 is 67.3. The lowest BCUT2D eigenvalue weighted by Gasteiger charge is -2.49. The molecule has 0 radical (unpaired) electrons. The highest BCUT2D eigenvalue weighted by molar-refractivity contribution is 6.79. The van der Waals surface area contributed by atoms with E-state index in [-0.39, 0.29) is 26.4 Å². The van der Waals surface area contributed by atoms with Crippen molar-refractivity contribution in [2.75, 3.05) is 146 Å². The van der Waals surface area contributed by atoms with Crippen LogP contribution in [0.1, 0.15) is 65.3 Å². The molecular weight excluding hydrogens is 1330 g/mol. The fourth-order valence-corrected chi connectivity index (χ4v) is 30.4. The van der Waals surface area contributed by atoms with Crippen LogP contribution in [-0.2, 0) is 83.4 Å². The molecule has 1 saturated carbocycles. The fraction of sp³-hybridized carbons (Fsp3) is 0.344. The number of methoxy groups -OCH3 is 2.